The molecule has 1 aromatic rings. The summed E-state index contributed by atoms with van der Waals surface area (Å²) in [5.41, 5.74) is 6.47. The van der Waals surface area contributed by atoms with Gasteiger partial charge in [-0.25, -0.2) is 9.78 Å². The third-order valence-corrected chi connectivity index (χ3v) is 1.74. The molecule has 1 rings (SSSR count). The van der Waals surface area contributed by atoms with Gasteiger partial charge in [0.25, 0.3) is 0 Å². The van der Waals surface area contributed by atoms with E-state index >= 15 is 0 Å². The molecule has 0 fully saturated rings. The van der Waals surface area contributed by atoms with Crippen LogP contribution < -0.4 is 10.6 Å². The summed E-state index contributed by atoms with van der Waals surface area (Å²) in [6.45, 7) is 0. The number of H-pyrrole nitrogens is 1. The fourth-order valence-electron chi connectivity index (χ4n) is 1.05. The Kier molecular flexibility index (Phi) is 3.16. The molecule has 0 aliphatic heterocycles. The molecule has 71 valence electrons. The third-order valence-electron chi connectivity index (χ3n) is 1.74. The second-order valence-corrected chi connectivity index (χ2v) is 3.10. The highest BCUT2D eigenvalue weighted by molar-refractivity contribution is 5.83. The molecular weight excluding hydrogens is 168 g/mol. The number of aromatic amines is 1. The molecule has 0 aromatic carbocycles. The molecule has 1 aromatic heterocycles. The minimum absolute atomic E-state index is 0.0806. The van der Waals surface area contributed by atoms with E-state index in [2.05, 4.69) is 9.97 Å². The maximum Gasteiger partial charge on any atom is 0.377 e. The Morgan fingerprint density at radius 2 is 2.46 bits per heavy atom. The first kappa shape index (κ1) is 9.88. The number of hydrogen-bond acceptors (Lipinski definition) is 3. The van der Waals surface area contributed by atoms with E-state index in [4.69, 9.17) is 5.73 Å². The molecule has 0 saturated carbocycles. The number of nitrogens with one attached hydrogen (secondary N) is 1. The van der Waals surface area contributed by atoms with Gasteiger partial charge in [-0.2, -0.15) is 0 Å². The lowest BCUT2D eigenvalue weighted by Crippen LogP contribution is -2.44. The van der Waals surface area contributed by atoms with E-state index < -0.39 is 6.04 Å². The maximum atomic E-state index is 11.3. The predicted molar refractivity (Wildman–Crippen MR) is 49.3 cm³/mol. The van der Waals surface area contributed by atoms with Gasteiger partial charge in [0, 0.05) is 12.6 Å². The van der Waals surface area contributed by atoms with E-state index in [1.165, 1.54) is 4.90 Å². The zero-order chi connectivity index (χ0) is 9.84. The van der Waals surface area contributed by atoms with Crippen LogP contribution >= 0.6 is 0 Å². The summed E-state index contributed by atoms with van der Waals surface area (Å²) in [5.74, 6) is -0.0806. The van der Waals surface area contributed by atoms with E-state index in [1.807, 2.05) is 0 Å². The van der Waals surface area contributed by atoms with Gasteiger partial charge in [0.1, 0.15) is 20.1 Å². The Morgan fingerprint density at radius 3 is 2.92 bits per heavy atom. The number of aromatic nitrogens is 2. The zero-order valence-electron chi connectivity index (χ0n) is 7.82. The number of nitrogens with two attached hydrogens (primary N) is 1. The first-order chi connectivity index (χ1) is 6.11. The van der Waals surface area contributed by atoms with Crippen molar-refractivity contribution >= 4 is 5.91 Å². The average Bonchev–Trinajstić information content (AvgIpc) is 2.55. The van der Waals surface area contributed by atoms with Crippen LogP contribution in [-0.4, -0.2) is 36.0 Å². The summed E-state index contributed by atoms with van der Waals surface area (Å²) in [7, 11) is 3.37. The lowest BCUT2D eigenvalue weighted by Gasteiger charge is -2.05. The molecule has 1 atom stereocenters. The average molecular weight is 182 g/mol. The third kappa shape index (κ3) is 2.64. The van der Waals surface area contributed by atoms with Gasteiger partial charge in [0.2, 0.25) is 0 Å². The Hall–Kier alpha value is -1.20. The van der Waals surface area contributed by atoms with E-state index in [9.17, 15) is 4.79 Å². The lowest BCUT2D eigenvalue weighted by atomic mass is 10.1. The highest BCUT2D eigenvalue weighted by Gasteiger charge is 2.24. The lowest BCUT2D eigenvalue weighted by molar-refractivity contribution is -0.125. The molecule has 0 aliphatic rings. The number of hydrogen-bond donors (Lipinski definition) is 2. The molecule has 5 heteroatoms. The van der Waals surface area contributed by atoms with Crippen LogP contribution in [-0.2, 0) is 11.2 Å². The van der Waals surface area contributed by atoms with Gasteiger partial charge in [0.15, 0.2) is 0 Å². The molecular formula is C8H14N4O+. The monoisotopic (exact) mass is 182 g/mol. The second kappa shape index (κ2) is 4.15. The van der Waals surface area contributed by atoms with Crippen molar-refractivity contribution in [3.05, 3.63) is 18.2 Å². The predicted octanol–water partition coefficient (Wildman–Crippen LogP) is -0.794. The Bertz CT molecular complexity index is 268. The fourth-order valence-corrected chi connectivity index (χ4v) is 1.05. The van der Waals surface area contributed by atoms with Crippen molar-refractivity contribution in [2.45, 2.75) is 12.5 Å². The summed E-state index contributed by atoms with van der Waals surface area (Å²) in [6.07, 6.45) is 3.78. The van der Waals surface area contributed by atoms with Gasteiger partial charge in [0.05, 0.1) is 12.0 Å². The Morgan fingerprint density at radius 1 is 1.77 bits per heavy atom. The molecule has 1 radical (unpaired) electrons. The van der Waals surface area contributed by atoms with Gasteiger partial charge in [-0.1, -0.05) is 0 Å². The second-order valence-electron chi connectivity index (χ2n) is 3.10. The van der Waals surface area contributed by atoms with E-state index in [1.54, 1.807) is 26.6 Å². The number of likely N-dealkylation sites (N-methyl/N-ethyl adjacent to an activating group) is 1. The van der Waals surface area contributed by atoms with E-state index in [-0.39, 0.29) is 5.91 Å². The van der Waals surface area contributed by atoms with Crippen molar-refractivity contribution in [2.75, 3.05) is 14.1 Å². The van der Waals surface area contributed by atoms with Crippen molar-refractivity contribution in [3.63, 3.8) is 0 Å². The van der Waals surface area contributed by atoms with Crippen LogP contribution in [0.3, 0.4) is 0 Å². The minimum atomic E-state index is -0.502. The van der Waals surface area contributed by atoms with Crippen LogP contribution in [0.2, 0.25) is 0 Å². The normalized spacial score (nSPS) is 13.2. The zero-order valence-corrected chi connectivity index (χ0v) is 7.82. The maximum absolute atomic E-state index is 11.3. The van der Waals surface area contributed by atoms with Crippen molar-refractivity contribution in [2.24, 2.45) is 5.73 Å². The number of carbonyl (C=O) groups is 1. The first-order valence-electron chi connectivity index (χ1n) is 4.05. The molecule has 5 nitrogen and oxygen atoms in total. The molecule has 0 spiro atoms. The fraction of sp³-hybridized carbons (Fsp3) is 0.500. The van der Waals surface area contributed by atoms with Gasteiger partial charge < -0.3 is 10.7 Å². The summed E-state index contributed by atoms with van der Waals surface area (Å²) in [4.78, 5) is 19.6. The van der Waals surface area contributed by atoms with Gasteiger partial charge in [-0.05, 0) is 0 Å². The SMILES string of the molecule is C[N+](C)C(=O)[C@@H](N)Cc1c[nH]cn1. The topological polar surface area (TPSA) is 77.7 Å². The highest BCUT2D eigenvalue weighted by Crippen LogP contribution is 1.97. The standard InChI is InChI=1S/C8H14N4O/c1-12(2)8(13)7(9)3-6-4-10-5-11-6/h4-5,7H,3,9H2,1-2H3,(H,10,11)/q+1/t7-/m0/s1. The number of amides is 1. The quantitative estimate of drug-likeness (QED) is 0.601. The first-order valence-corrected chi connectivity index (χ1v) is 4.05. The molecule has 0 bridgehead atoms. The smallest absolute Gasteiger partial charge is 0.351 e. The van der Waals surface area contributed by atoms with Gasteiger partial charge >= 0.3 is 5.91 Å². The van der Waals surface area contributed by atoms with Crippen LogP contribution in [0.25, 0.3) is 0 Å². The summed E-state index contributed by atoms with van der Waals surface area (Å²) < 4.78 is 0. The molecule has 1 heterocycles. The molecule has 3 N–H and O–H groups in total. The minimum Gasteiger partial charge on any atom is -0.351 e. The van der Waals surface area contributed by atoms with Crippen molar-refractivity contribution in [3.8, 4) is 0 Å². The molecule has 0 saturated heterocycles. The van der Waals surface area contributed by atoms with Crippen LogP contribution in [0.5, 0.6) is 0 Å². The van der Waals surface area contributed by atoms with Crippen LogP contribution in [0.15, 0.2) is 12.5 Å². The highest BCUT2D eigenvalue weighted by atomic mass is 16.2. The number of rotatable bonds is 3. The van der Waals surface area contributed by atoms with Crippen molar-refractivity contribution in [1.29, 1.82) is 0 Å². The number of imidazole rings is 1. The molecule has 0 aliphatic carbocycles. The Balaban J connectivity index is 2.51. The van der Waals surface area contributed by atoms with Crippen LogP contribution in [0.1, 0.15) is 5.69 Å². The van der Waals surface area contributed by atoms with Crippen LogP contribution in [0, 0.1) is 0 Å². The van der Waals surface area contributed by atoms with Gasteiger partial charge in [-0.3, -0.25) is 0 Å². The summed E-state index contributed by atoms with van der Waals surface area (Å²) >= 11 is 0. The van der Waals surface area contributed by atoms with Gasteiger partial charge in [-0.15, -0.1) is 4.90 Å². The van der Waals surface area contributed by atoms with E-state index in [0.29, 0.717) is 6.42 Å². The van der Waals surface area contributed by atoms with E-state index in [0.717, 1.165) is 5.69 Å². The van der Waals surface area contributed by atoms with Crippen molar-refractivity contribution in [1.82, 2.24) is 14.9 Å². The Labute approximate surface area is 76.9 Å². The molecule has 13 heavy (non-hydrogen) atoms. The molecule has 1 amide bonds. The number of nitrogens with zero attached hydrogens (tertiary/aromatic N) is 2. The summed E-state index contributed by atoms with van der Waals surface area (Å²) in [6, 6.07) is -0.502. The van der Waals surface area contributed by atoms with Crippen LogP contribution in [0.4, 0.5) is 0 Å². The number of carbonyl (C=O) groups excluding carboxylic acids is 1. The largest absolute Gasteiger partial charge is 0.377 e. The van der Waals surface area contributed by atoms with Crippen molar-refractivity contribution < 1.29 is 4.79 Å². The molecule has 0 unspecified atom stereocenters. The summed E-state index contributed by atoms with van der Waals surface area (Å²) in [5, 5.41) is 0.